The highest BCUT2D eigenvalue weighted by atomic mass is 16.5. The number of anilines is 5. The predicted molar refractivity (Wildman–Crippen MR) is 131 cm³/mol. The maximum absolute atomic E-state index is 12.2. The number of benzene rings is 2. The van der Waals surface area contributed by atoms with Crippen LogP contribution in [0.5, 0.6) is 11.5 Å². The molecular weight excluding hydrogens is 432 g/mol. The minimum Gasteiger partial charge on any atom is -0.497 e. The summed E-state index contributed by atoms with van der Waals surface area (Å²) in [5, 5.41) is 9.22. The van der Waals surface area contributed by atoms with Crippen molar-refractivity contribution in [2.45, 2.75) is 6.92 Å². The van der Waals surface area contributed by atoms with Crippen LogP contribution in [-0.2, 0) is 4.79 Å². The van der Waals surface area contributed by atoms with Gasteiger partial charge in [-0.3, -0.25) is 4.79 Å². The summed E-state index contributed by atoms with van der Waals surface area (Å²) in [7, 11) is 1.58. The molecule has 0 saturated carbocycles. The molecular formula is C25H24N6O3. The van der Waals surface area contributed by atoms with E-state index in [1.54, 1.807) is 49.7 Å². The third-order valence-electron chi connectivity index (χ3n) is 4.61. The van der Waals surface area contributed by atoms with Crippen molar-refractivity contribution in [3.8, 4) is 11.5 Å². The molecule has 0 unspecified atom stereocenters. The summed E-state index contributed by atoms with van der Waals surface area (Å²) < 4.78 is 10.7. The minimum atomic E-state index is -0.264. The van der Waals surface area contributed by atoms with Gasteiger partial charge in [0.2, 0.25) is 0 Å². The number of carbonyl (C=O) groups excluding carboxylic acids is 1. The Morgan fingerprint density at radius 1 is 0.824 bits per heavy atom. The van der Waals surface area contributed by atoms with E-state index in [1.807, 2.05) is 43.3 Å². The zero-order chi connectivity index (χ0) is 23.8. The lowest BCUT2D eigenvalue weighted by Crippen LogP contribution is -2.20. The van der Waals surface area contributed by atoms with Gasteiger partial charge in [0, 0.05) is 29.7 Å². The Kier molecular flexibility index (Phi) is 7.14. The monoisotopic (exact) mass is 456 g/mol. The number of nitrogens with zero attached hydrogens (tertiary/aromatic N) is 3. The lowest BCUT2D eigenvalue weighted by molar-refractivity contribution is -0.118. The molecule has 3 N–H and O–H groups in total. The van der Waals surface area contributed by atoms with Crippen LogP contribution >= 0.6 is 0 Å². The number of amides is 1. The number of ether oxygens (including phenoxy) is 2. The molecule has 4 aromatic rings. The number of rotatable bonds is 9. The second-order valence-corrected chi connectivity index (χ2v) is 7.24. The highest BCUT2D eigenvalue weighted by molar-refractivity contribution is 5.92. The van der Waals surface area contributed by atoms with Gasteiger partial charge in [0.25, 0.3) is 5.91 Å². The molecule has 0 spiro atoms. The van der Waals surface area contributed by atoms with E-state index in [2.05, 4.69) is 30.9 Å². The maximum Gasteiger partial charge on any atom is 0.262 e. The van der Waals surface area contributed by atoms with E-state index in [0.717, 1.165) is 5.69 Å². The number of aromatic nitrogens is 3. The van der Waals surface area contributed by atoms with Crippen molar-refractivity contribution in [3.05, 3.63) is 84.8 Å². The first kappa shape index (κ1) is 22.5. The highest BCUT2D eigenvalue weighted by Crippen LogP contribution is 2.22. The van der Waals surface area contributed by atoms with Gasteiger partial charge >= 0.3 is 0 Å². The van der Waals surface area contributed by atoms with Gasteiger partial charge in [-0.05, 0) is 55.5 Å². The van der Waals surface area contributed by atoms with Crippen molar-refractivity contribution in [2.75, 3.05) is 29.7 Å². The average Bonchev–Trinajstić information content (AvgIpc) is 2.84. The summed E-state index contributed by atoms with van der Waals surface area (Å²) in [6, 6.07) is 21.8. The maximum atomic E-state index is 12.2. The zero-order valence-electron chi connectivity index (χ0n) is 18.8. The molecule has 0 fully saturated rings. The Bertz CT molecular complexity index is 1250. The number of nitrogens with one attached hydrogen (secondary N) is 3. The molecule has 0 aliphatic rings. The summed E-state index contributed by atoms with van der Waals surface area (Å²) in [6.45, 7) is 1.71. The number of methoxy groups -OCH3 is 1. The van der Waals surface area contributed by atoms with Crippen molar-refractivity contribution in [3.63, 3.8) is 0 Å². The molecule has 1 amide bonds. The summed E-state index contributed by atoms with van der Waals surface area (Å²) in [5.41, 5.74) is 1.47. The fourth-order valence-corrected chi connectivity index (χ4v) is 3.09. The fourth-order valence-electron chi connectivity index (χ4n) is 3.09. The van der Waals surface area contributed by atoms with Gasteiger partial charge < -0.3 is 25.4 Å². The van der Waals surface area contributed by atoms with Crippen LogP contribution in [0.1, 0.15) is 5.82 Å². The molecule has 0 aliphatic carbocycles. The lowest BCUT2D eigenvalue weighted by atomic mass is 10.2. The third-order valence-corrected chi connectivity index (χ3v) is 4.61. The Morgan fingerprint density at radius 2 is 1.56 bits per heavy atom. The van der Waals surface area contributed by atoms with E-state index >= 15 is 0 Å². The van der Waals surface area contributed by atoms with Crippen molar-refractivity contribution in [2.24, 2.45) is 0 Å². The molecule has 0 bridgehead atoms. The molecule has 9 heteroatoms. The van der Waals surface area contributed by atoms with Crippen LogP contribution in [0.2, 0.25) is 0 Å². The van der Waals surface area contributed by atoms with Crippen LogP contribution in [-0.4, -0.2) is 34.6 Å². The highest BCUT2D eigenvalue weighted by Gasteiger charge is 2.07. The number of carbonyl (C=O) groups is 1. The van der Waals surface area contributed by atoms with E-state index < -0.39 is 0 Å². The lowest BCUT2D eigenvalue weighted by Gasteiger charge is -2.11. The first-order chi connectivity index (χ1) is 16.6. The van der Waals surface area contributed by atoms with Crippen LogP contribution in [0, 0.1) is 6.92 Å². The average molecular weight is 457 g/mol. The largest absolute Gasteiger partial charge is 0.497 e. The third kappa shape index (κ3) is 6.42. The van der Waals surface area contributed by atoms with Gasteiger partial charge in [-0.15, -0.1) is 0 Å². The molecule has 34 heavy (non-hydrogen) atoms. The predicted octanol–water partition coefficient (Wildman–Crippen LogP) is 4.69. The number of aryl methyl sites for hydroxylation is 1. The summed E-state index contributed by atoms with van der Waals surface area (Å²) in [6.07, 6.45) is 1.71. The SMILES string of the molecule is COc1cccc(OCC(=O)Nc2ccc(Nc3cc(Nc4ccccn4)nc(C)n3)cc2)c1. The van der Waals surface area contributed by atoms with Gasteiger partial charge in [-0.25, -0.2) is 15.0 Å². The number of hydrogen-bond donors (Lipinski definition) is 3. The molecule has 4 rings (SSSR count). The zero-order valence-corrected chi connectivity index (χ0v) is 18.8. The first-order valence-corrected chi connectivity index (χ1v) is 10.5. The molecule has 2 aromatic heterocycles. The van der Waals surface area contributed by atoms with Gasteiger partial charge in [0.15, 0.2) is 6.61 Å². The molecule has 9 nitrogen and oxygen atoms in total. The van der Waals surface area contributed by atoms with E-state index in [9.17, 15) is 4.79 Å². The fraction of sp³-hybridized carbons (Fsp3) is 0.120. The van der Waals surface area contributed by atoms with E-state index in [-0.39, 0.29) is 12.5 Å². The summed E-state index contributed by atoms with van der Waals surface area (Å²) in [4.78, 5) is 25.3. The topological polar surface area (TPSA) is 110 Å². The van der Waals surface area contributed by atoms with Crippen LogP contribution in [0.3, 0.4) is 0 Å². The summed E-state index contributed by atoms with van der Waals surface area (Å²) >= 11 is 0. The van der Waals surface area contributed by atoms with Crippen molar-refractivity contribution in [1.82, 2.24) is 15.0 Å². The van der Waals surface area contributed by atoms with Crippen molar-refractivity contribution >= 4 is 34.7 Å². The number of pyridine rings is 1. The summed E-state index contributed by atoms with van der Waals surface area (Å²) in [5.74, 6) is 3.54. The van der Waals surface area contributed by atoms with Crippen LogP contribution in [0.25, 0.3) is 0 Å². The Morgan fingerprint density at radius 3 is 2.29 bits per heavy atom. The molecule has 2 aromatic carbocycles. The first-order valence-electron chi connectivity index (χ1n) is 10.5. The van der Waals surface area contributed by atoms with E-state index in [1.165, 1.54) is 0 Å². The quantitative estimate of drug-likeness (QED) is 0.333. The molecule has 2 heterocycles. The molecule has 0 aliphatic heterocycles. The second kappa shape index (κ2) is 10.8. The second-order valence-electron chi connectivity index (χ2n) is 7.24. The van der Waals surface area contributed by atoms with Gasteiger partial charge in [-0.2, -0.15) is 0 Å². The van der Waals surface area contributed by atoms with E-state index in [0.29, 0.717) is 40.5 Å². The van der Waals surface area contributed by atoms with Crippen LogP contribution in [0.4, 0.5) is 28.8 Å². The number of hydrogen-bond acceptors (Lipinski definition) is 8. The molecule has 0 atom stereocenters. The van der Waals surface area contributed by atoms with E-state index in [4.69, 9.17) is 9.47 Å². The molecule has 172 valence electrons. The van der Waals surface area contributed by atoms with Crippen molar-refractivity contribution in [1.29, 1.82) is 0 Å². The van der Waals surface area contributed by atoms with Gasteiger partial charge in [0.1, 0.15) is 34.8 Å². The Hall–Kier alpha value is -4.66. The molecule has 0 saturated heterocycles. The Balaban J connectivity index is 1.33. The minimum absolute atomic E-state index is 0.112. The van der Waals surface area contributed by atoms with Crippen LogP contribution < -0.4 is 25.4 Å². The Labute approximate surface area is 197 Å². The van der Waals surface area contributed by atoms with Gasteiger partial charge in [0.05, 0.1) is 7.11 Å². The smallest absolute Gasteiger partial charge is 0.262 e. The normalized spacial score (nSPS) is 10.3. The van der Waals surface area contributed by atoms with Crippen LogP contribution in [0.15, 0.2) is 79.0 Å². The standard InChI is InChI=1S/C25H24N6O3/c1-17-27-23(15-24(28-17)31-22-8-3-4-13-26-22)29-18-9-11-19(12-10-18)30-25(32)16-34-21-7-5-6-20(14-21)33-2/h3-15H,16H2,1-2H3,(H,30,32)(H2,26,27,28,29,31). The molecule has 0 radical (unpaired) electrons. The van der Waals surface area contributed by atoms with Crippen molar-refractivity contribution < 1.29 is 14.3 Å². The van der Waals surface area contributed by atoms with Gasteiger partial charge in [-0.1, -0.05) is 12.1 Å².